The smallest absolute Gasteiger partial charge is 0.306 e. The molecule has 512 valence electrons. The van der Waals surface area contributed by atoms with Gasteiger partial charge in [-0.15, -0.1) is 0 Å². The third-order valence-corrected chi connectivity index (χ3v) is 16.0. The van der Waals surface area contributed by atoms with Crippen molar-refractivity contribution in [2.45, 2.75) is 290 Å². The van der Waals surface area contributed by atoms with Crippen molar-refractivity contribution < 1.29 is 42.1 Å². The lowest BCUT2D eigenvalue weighted by atomic mass is 10.0. The third-order valence-electron chi connectivity index (χ3n) is 15.0. The Labute approximate surface area is 554 Å². The zero-order valence-electron chi connectivity index (χ0n) is 58.3. The van der Waals surface area contributed by atoms with Crippen LogP contribution in [0.1, 0.15) is 284 Å². The predicted octanol–water partition coefficient (Wildman–Crippen LogP) is 23.3. The summed E-state index contributed by atoms with van der Waals surface area (Å²) in [6, 6.07) is 0. The van der Waals surface area contributed by atoms with E-state index in [0.29, 0.717) is 17.4 Å². The molecule has 0 heterocycles. The molecular formula is C80H134NO8P. The second-order valence-electron chi connectivity index (χ2n) is 24.9. The van der Waals surface area contributed by atoms with Gasteiger partial charge in [-0.3, -0.25) is 14.2 Å². The van der Waals surface area contributed by atoms with Gasteiger partial charge in [-0.05, 0) is 128 Å². The van der Waals surface area contributed by atoms with Crippen LogP contribution in [0.4, 0.5) is 0 Å². The molecule has 0 aromatic carbocycles. The van der Waals surface area contributed by atoms with Crippen LogP contribution in [0.3, 0.4) is 0 Å². The maximum atomic E-state index is 12.9. The highest BCUT2D eigenvalue weighted by atomic mass is 31.2. The molecule has 0 saturated heterocycles. The van der Waals surface area contributed by atoms with Gasteiger partial charge in [0, 0.05) is 12.8 Å². The standard InChI is InChI=1S/C80H134NO8P/c1-6-8-10-12-14-16-18-20-22-24-26-28-30-32-34-36-38-39-40-41-43-45-47-49-51-53-55-57-59-61-63-65-67-69-71-73-80(83)89-78(77-88-90(84,85)87-75-74-81(3,4)5)76-86-79(82)72-70-68-66-64-62-60-58-56-54-52-50-48-46-44-42-37-35-33-31-29-27-25-23-21-19-17-15-13-11-9-7-2/h8,10,14,16,19-22,25-28,31-34,38-39,41,43,47,49,53,55,59,61,78H,6-7,9,11-13,15,17-18,23-24,29-30,35-37,40,42,44-46,48,50-52,54,56-58,60,62-77H2,1-5H3/b10-8-,16-14-,21-19-,22-20-,27-25-,28-26-,33-31-,34-32-,39-38-,43-41-,49-47-,55-53-,61-59-. The fraction of sp³-hybridized carbons (Fsp3) is 0.650. The van der Waals surface area contributed by atoms with Crippen LogP contribution in [0.25, 0.3) is 0 Å². The summed E-state index contributed by atoms with van der Waals surface area (Å²) in [5.74, 6) is -0.867. The van der Waals surface area contributed by atoms with Crippen molar-refractivity contribution in [2.24, 2.45) is 0 Å². The summed E-state index contributed by atoms with van der Waals surface area (Å²) in [5.41, 5.74) is 0. The van der Waals surface area contributed by atoms with Gasteiger partial charge in [0.05, 0.1) is 27.7 Å². The SMILES string of the molecule is CC/C=C\C/C=C\C/C=C\C/C=C\C/C=C\C/C=C\C/C=C\C/C=C\C/C=C\C/C=C\CCCCCCC(=O)OC(COC(=O)CCCCCCCCCCCCCCCCCC/C=C\C/C=C\C/C=C\CCCCCCC)COP(=O)([O-])OCC[N+](C)(C)C. The number of phosphoric ester groups is 1. The topological polar surface area (TPSA) is 111 Å². The Bertz CT molecular complexity index is 2080. The van der Waals surface area contributed by atoms with E-state index >= 15 is 0 Å². The molecule has 0 aliphatic heterocycles. The molecule has 0 aliphatic rings. The number of likely N-dealkylation sites (N-methyl/N-ethyl adjacent to an activating group) is 1. The molecule has 0 aromatic rings. The number of nitrogens with zero attached hydrogens (tertiary/aromatic N) is 1. The van der Waals surface area contributed by atoms with E-state index < -0.39 is 32.5 Å². The van der Waals surface area contributed by atoms with E-state index in [2.05, 4.69) is 172 Å². The van der Waals surface area contributed by atoms with Crippen molar-refractivity contribution in [2.75, 3.05) is 47.5 Å². The van der Waals surface area contributed by atoms with Crippen molar-refractivity contribution in [3.8, 4) is 0 Å². The summed E-state index contributed by atoms with van der Waals surface area (Å²) in [7, 11) is 1.13. The van der Waals surface area contributed by atoms with Crippen LogP contribution in [-0.4, -0.2) is 70.0 Å². The van der Waals surface area contributed by atoms with E-state index in [-0.39, 0.29) is 26.1 Å². The maximum absolute atomic E-state index is 12.9. The first-order valence-electron chi connectivity index (χ1n) is 36.2. The van der Waals surface area contributed by atoms with Gasteiger partial charge in [-0.2, -0.15) is 0 Å². The van der Waals surface area contributed by atoms with Crippen molar-refractivity contribution in [1.29, 1.82) is 0 Å². The summed E-state index contributed by atoms with van der Waals surface area (Å²) in [6.45, 7) is 4.09. The van der Waals surface area contributed by atoms with Crippen LogP contribution >= 0.6 is 7.82 Å². The van der Waals surface area contributed by atoms with Gasteiger partial charge in [0.15, 0.2) is 6.10 Å². The summed E-state index contributed by atoms with van der Waals surface area (Å²) in [6.07, 6.45) is 103. The quantitative estimate of drug-likeness (QED) is 0.0195. The lowest BCUT2D eigenvalue weighted by Crippen LogP contribution is -2.37. The number of ether oxygens (including phenoxy) is 2. The van der Waals surface area contributed by atoms with Crippen molar-refractivity contribution in [3.05, 3.63) is 158 Å². The number of hydrogen-bond acceptors (Lipinski definition) is 8. The summed E-state index contributed by atoms with van der Waals surface area (Å²) < 4.78 is 34.3. The largest absolute Gasteiger partial charge is 0.756 e. The van der Waals surface area contributed by atoms with Crippen LogP contribution in [0.5, 0.6) is 0 Å². The Kier molecular flexibility index (Phi) is 65.6. The van der Waals surface area contributed by atoms with Crippen LogP contribution in [0.2, 0.25) is 0 Å². The van der Waals surface area contributed by atoms with Gasteiger partial charge in [0.2, 0.25) is 0 Å². The average molecular weight is 1270 g/mol. The molecule has 0 aromatic heterocycles. The molecule has 0 fully saturated rings. The molecule has 0 aliphatic carbocycles. The lowest BCUT2D eigenvalue weighted by molar-refractivity contribution is -0.870. The van der Waals surface area contributed by atoms with E-state index in [1.165, 1.54) is 128 Å². The molecule has 9 nitrogen and oxygen atoms in total. The van der Waals surface area contributed by atoms with Gasteiger partial charge < -0.3 is 27.9 Å². The average Bonchev–Trinajstić information content (AvgIpc) is 3.61. The maximum Gasteiger partial charge on any atom is 0.306 e. The summed E-state index contributed by atoms with van der Waals surface area (Å²) in [5, 5.41) is 0. The van der Waals surface area contributed by atoms with Crippen LogP contribution < -0.4 is 4.89 Å². The normalized spacial score (nSPS) is 14.1. The van der Waals surface area contributed by atoms with E-state index in [0.717, 1.165) is 122 Å². The molecule has 0 radical (unpaired) electrons. The highest BCUT2D eigenvalue weighted by molar-refractivity contribution is 7.45. The van der Waals surface area contributed by atoms with Crippen LogP contribution in [0.15, 0.2) is 158 Å². The molecule has 10 heteroatoms. The second-order valence-corrected chi connectivity index (χ2v) is 26.3. The number of allylic oxidation sites excluding steroid dienone is 26. The van der Waals surface area contributed by atoms with Gasteiger partial charge in [-0.1, -0.05) is 300 Å². The number of carbonyl (C=O) groups is 2. The minimum atomic E-state index is -4.66. The van der Waals surface area contributed by atoms with Gasteiger partial charge in [-0.25, -0.2) is 0 Å². The fourth-order valence-corrected chi connectivity index (χ4v) is 10.2. The Morgan fingerprint density at radius 3 is 0.944 bits per heavy atom. The second kappa shape index (κ2) is 69.0. The Hall–Kier alpha value is -4.37. The molecular weight excluding hydrogens is 1130 g/mol. The molecule has 0 N–H and O–H groups in total. The number of carbonyl (C=O) groups excluding carboxylic acids is 2. The minimum Gasteiger partial charge on any atom is -0.756 e. The lowest BCUT2D eigenvalue weighted by Gasteiger charge is -2.28. The molecule has 0 saturated carbocycles. The third kappa shape index (κ3) is 72.7. The Morgan fingerprint density at radius 2 is 0.633 bits per heavy atom. The molecule has 2 unspecified atom stereocenters. The first-order valence-corrected chi connectivity index (χ1v) is 37.7. The van der Waals surface area contributed by atoms with Gasteiger partial charge in [0.1, 0.15) is 19.8 Å². The van der Waals surface area contributed by atoms with E-state index in [1.54, 1.807) is 0 Å². The number of phosphoric acid groups is 1. The molecule has 2 atom stereocenters. The van der Waals surface area contributed by atoms with E-state index in [4.69, 9.17) is 18.5 Å². The molecule has 0 rings (SSSR count). The Balaban J connectivity index is 4.15. The van der Waals surface area contributed by atoms with Gasteiger partial charge >= 0.3 is 11.9 Å². The highest BCUT2D eigenvalue weighted by Crippen LogP contribution is 2.38. The Morgan fingerprint density at radius 1 is 0.356 bits per heavy atom. The number of rotatable bonds is 65. The zero-order valence-corrected chi connectivity index (χ0v) is 59.2. The highest BCUT2D eigenvalue weighted by Gasteiger charge is 2.22. The van der Waals surface area contributed by atoms with E-state index in [9.17, 15) is 19.0 Å². The number of hydrogen-bond donors (Lipinski definition) is 0. The first-order chi connectivity index (χ1) is 44.0. The van der Waals surface area contributed by atoms with Crippen molar-refractivity contribution >= 4 is 19.8 Å². The monoisotopic (exact) mass is 1270 g/mol. The minimum absolute atomic E-state index is 0.0439. The van der Waals surface area contributed by atoms with Crippen LogP contribution in [-0.2, 0) is 32.7 Å². The van der Waals surface area contributed by atoms with Crippen molar-refractivity contribution in [3.63, 3.8) is 0 Å². The molecule has 0 amide bonds. The fourth-order valence-electron chi connectivity index (χ4n) is 9.52. The summed E-state index contributed by atoms with van der Waals surface area (Å²) in [4.78, 5) is 38.1. The summed E-state index contributed by atoms with van der Waals surface area (Å²) >= 11 is 0. The molecule has 90 heavy (non-hydrogen) atoms. The first kappa shape index (κ1) is 85.6. The molecule has 0 bridgehead atoms. The number of quaternary nitrogens is 1. The van der Waals surface area contributed by atoms with Gasteiger partial charge in [0.25, 0.3) is 7.82 Å². The van der Waals surface area contributed by atoms with Crippen molar-refractivity contribution in [1.82, 2.24) is 0 Å². The number of unbranched alkanes of at least 4 members (excludes halogenated alkanes) is 25. The van der Waals surface area contributed by atoms with E-state index in [1.807, 2.05) is 21.1 Å². The molecule has 0 spiro atoms. The zero-order chi connectivity index (χ0) is 65.5. The number of esters is 2. The van der Waals surface area contributed by atoms with Crippen LogP contribution in [0, 0.1) is 0 Å². The predicted molar refractivity (Wildman–Crippen MR) is 387 cm³/mol.